The maximum absolute atomic E-state index is 11.4. The Kier molecular flexibility index (Phi) is 1.94. The second-order valence-corrected chi connectivity index (χ2v) is 6.91. The van der Waals surface area contributed by atoms with Gasteiger partial charge in [-0.05, 0) is 19.3 Å². The van der Waals surface area contributed by atoms with Crippen molar-refractivity contribution in [3.63, 3.8) is 0 Å². The summed E-state index contributed by atoms with van der Waals surface area (Å²) in [6.07, 6.45) is 2.51. The minimum atomic E-state index is -3.04. The van der Waals surface area contributed by atoms with Gasteiger partial charge in [0.2, 0.25) is 5.89 Å². The van der Waals surface area contributed by atoms with Crippen LogP contribution in [0.5, 0.6) is 0 Å². The Morgan fingerprint density at radius 1 is 1.44 bits per heavy atom. The molecule has 1 atom stereocenters. The summed E-state index contributed by atoms with van der Waals surface area (Å²) in [5, 5.41) is 3.82. The van der Waals surface area contributed by atoms with Crippen LogP contribution < -0.4 is 5.73 Å². The lowest BCUT2D eigenvalue weighted by Gasteiger charge is -2.16. The average Bonchev–Trinajstić information content (AvgIpc) is 2.84. The Hall–Kier alpha value is -0.950. The SMILES string of the molecule is NC1(c2noc(C3CC3)n2)CCS(=O)(=O)C1. The molecule has 6 nitrogen and oxygen atoms in total. The molecule has 2 N–H and O–H groups in total. The molecule has 1 aliphatic heterocycles. The Labute approximate surface area is 93.1 Å². The lowest BCUT2D eigenvalue weighted by molar-refractivity contribution is 0.357. The predicted molar refractivity (Wildman–Crippen MR) is 55.4 cm³/mol. The highest BCUT2D eigenvalue weighted by molar-refractivity contribution is 7.91. The summed E-state index contributed by atoms with van der Waals surface area (Å²) >= 11 is 0. The van der Waals surface area contributed by atoms with E-state index in [9.17, 15) is 8.42 Å². The van der Waals surface area contributed by atoms with Gasteiger partial charge in [-0.1, -0.05) is 5.16 Å². The van der Waals surface area contributed by atoms with Crippen LogP contribution in [-0.2, 0) is 15.4 Å². The zero-order chi connectivity index (χ0) is 11.4. The molecule has 2 fully saturated rings. The van der Waals surface area contributed by atoms with Crippen molar-refractivity contribution in [2.24, 2.45) is 5.73 Å². The molecule has 16 heavy (non-hydrogen) atoms. The van der Waals surface area contributed by atoms with E-state index in [4.69, 9.17) is 10.3 Å². The van der Waals surface area contributed by atoms with Crippen LogP contribution in [0.1, 0.15) is 36.9 Å². The number of aromatic nitrogens is 2. The lowest BCUT2D eigenvalue weighted by atomic mass is 10.00. The van der Waals surface area contributed by atoms with Crippen molar-refractivity contribution in [1.29, 1.82) is 0 Å². The third-order valence-corrected chi connectivity index (χ3v) is 4.93. The first-order chi connectivity index (χ1) is 7.49. The maximum Gasteiger partial charge on any atom is 0.229 e. The molecule has 0 amide bonds. The van der Waals surface area contributed by atoms with Crippen LogP contribution in [0.25, 0.3) is 0 Å². The maximum atomic E-state index is 11.4. The molecular weight excluding hydrogens is 230 g/mol. The molecule has 0 spiro atoms. The molecule has 0 aromatic carbocycles. The van der Waals surface area contributed by atoms with Crippen molar-refractivity contribution >= 4 is 9.84 Å². The summed E-state index contributed by atoms with van der Waals surface area (Å²) < 4.78 is 27.9. The van der Waals surface area contributed by atoms with E-state index < -0.39 is 15.4 Å². The molecule has 0 bridgehead atoms. The number of hydrogen-bond donors (Lipinski definition) is 1. The van der Waals surface area contributed by atoms with Crippen LogP contribution in [0.15, 0.2) is 4.52 Å². The monoisotopic (exact) mass is 243 g/mol. The van der Waals surface area contributed by atoms with Gasteiger partial charge < -0.3 is 10.3 Å². The second-order valence-electron chi connectivity index (χ2n) is 4.73. The van der Waals surface area contributed by atoms with Crippen LogP contribution in [-0.4, -0.2) is 30.1 Å². The van der Waals surface area contributed by atoms with E-state index in [0.29, 0.717) is 24.1 Å². The zero-order valence-electron chi connectivity index (χ0n) is 8.72. The van der Waals surface area contributed by atoms with Gasteiger partial charge in [-0.15, -0.1) is 0 Å². The molecule has 0 radical (unpaired) electrons. The summed E-state index contributed by atoms with van der Waals surface area (Å²) in [6.45, 7) is 0. The van der Waals surface area contributed by atoms with E-state index in [0.717, 1.165) is 12.8 Å². The van der Waals surface area contributed by atoms with Crippen LogP contribution in [0, 0.1) is 0 Å². The summed E-state index contributed by atoms with van der Waals surface area (Å²) in [6, 6.07) is 0. The summed E-state index contributed by atoms with van der Waals surface area (Å²) in [5.74, 6) is 1.34. The first-order valence-electron chi connectivity index (χ1n) is 5.32. The minimum absolute atomic E-state index is 0.0797. The van der Waals surface area contributed by atoms with Crippen LogP contribution in [0.3, 0.4) is 0 Å². The van der Waals surface area contributed by atoms with Crippen LogP contribution in [0.4, 0.5) is 0 Å². The third-order valence-electron chi connectivity index (χ3n) is 3.15. The van der Waals surface area contributed by atoms with Gasteiger partial charge in [-0.3, -0.25) is 0 Å². The van der Waals surface area contributed by atoms with E-state index in [-0.39, 0.29) is 11.5 Å². The van der Waals surface area contributed by atoms with Crippen LogP contribution in [0.2, 0.25) is 0 Å². The van der Waals surface area contributed by atoms with Gasteiger partial charge in [0.05, 0.1) is 17.0 Å². The molecule has 1 unspecified atom stereocenters. The van der Waals surface area contributed by atoms with Gasteiger partial charge in [-0.2, -0.15) is 4.98 Å². The number of hydrogen-bond acceptors (Lipinski definition) is 6. The van der Waals surface area contributed by atoms with Crippen molar-refractivity contribution in [2.75, 3.05) is 11.5 Å². The Bertz CT molecular complexity index is 520. The summed E-state index contributed by atoms with van der Waals surface area (Å²) in [5.41, 5.74) is 5.08. The van der Waals surface area contributed by atoms with Gasteiger partial charge in [0, 0.05) is 5.92 Å². The highest BCUT2D eigenvalue weighted by Crippen LogP contribution is 2.40. The molecule has 1 aromatic heterocycles. The Morgan fingerprint density at radius 2 is 2.19 bits per heavy atom. The first-order valence-corrected chi connectivity index (χ1v) is 7.14. The van der Waals surface area contributed by atoms with Crippen molar-refractivity contribution in [1.82, 2.24) is 10.1 Å². The molecule has 1 aromatic rings. The van der Waals surface area contributed by atoms with Crippen molar-refractivity contribution in [3.05, 3.63) is 11.7 Å². The largest absolute Gasteiger partial charge is 0.339 e. The fourth-order valence-corrected chi connectivity index (χ4v) is 3.86. The molecule has 3 rings (SSSR count). The van der Waals surface area contributed by atoms with Gasteiger partial charge in [0.1, 0.15) is 0 Å². The quantitative estimate of drug-likeness (QED) is 0.780. The predicted octanol–water partition coefficient (Wildman–Crippen LogP) is -0.0805. The normalized spacial score (nSPS) is 33.1. The third kappa shape index (κ3) is 1.63. The topological polar surface area (TPSA) is 99.1 Å². The van der Waals surface area contributed by atoms with E-state index in [1.807, 2.05) is 0 Å². The van der Waals surface area contributed by atoms with Gasteiger partial charge in [0.25, 0.3) is 0 Å². The zero-order valence-corrected chi connectivity index (χ0v) is 9.53. The van der Waals surface area contributed by atoms with Gasteiger partial charge in [0.15, 0.2) is 15.7 Å². The van der Waals surface area contributed by atoms with Gasteiger partial charge in [-0.25, -0.2) is 8.42 Å². The highest BCUT2D eigenvalue weighted by atomic mass is 32.2. The molecule has 1 aliphatic carbocycles. The second kappa shape index (κ2) is 3.04. The molecule has 7 heteroatoms. The van der Waals surface area contributed by atoms with Crippen molar-refractivity contribution in [3.8, 4) is 0 Å². The Balaban J connectivity index is 1.90. The minimum Gasteiger partial charge on any atom is -0.339 e. The van der Waals surface area contributed by atoms with E-state index >= 15 is 0 Å². The van der Waals surface area contributed by atoms with Crippen molar-refractivity contribution < 1.29 is 12.9 Å². The molecule has 1 saturated heterocycles. The number of nitrogens with zero attached hydrogens (tertiary/aromatic N) is 2. The fourth-order valence-electron chi connectivity index (χ4n) is 1.98. The lowest BCUT2D eigenvalue weighted by Crippen LogP contribution is -2.39. The molecule has 2 aliphatic rings. The molecule has 2 heterocycles. The smallest absolute Gasteiger partial charge is 0.229 e. The highest BCUT2D eigenvalue weighted by Gasteiger charge is 2.44. The average molecular weight is 243 g/mol. The van der Waals surface area contributed by atoms with E-state index in [1.165, 1.54) is 0 Å². The number of sulfone groups is 1. The van der Waals surface area contributed by atoms with Crippen molar-refractivity contribution in [2.45, 2.75) is 30.7 Å². The van der Waals surface area contributed by atoms with Crippen LogP contribution >= 0.6 is 0 Å². The molecule has 1 saturated carbocycles. The number of rotatable bonds is 2. The summed E-state index contributed by atoms with van der Waals surface area (Å²) in [7, 11) is -3.04. The van der Waals surface area contributed by atoms with E-state index in [2.05, 4.69) is 10.1 Å². The standard InChI is InChI=1S/C9H13N3O3S/c10-9(3-4-16(13,14)5-9)8-11-7(15-12-8)6-1-2-6/h6H,1-5,10H2. The molecular formula is C9H13N3O3S. The van der Waals surface area contributed by atoms with Gasteiger partial charge >= 0.3 is 0 Å². The van der Waals surface area contributed by atoms with E-state index in [1.54, 1.807) is 0 Å². The first kappa shape index (κ1) is 10.2. The number of nitrogens with two attached hydrogens (primary N) is 1. The fraction of sp³-hybridized carbons (Fsp3) is 0.778. The molecule has 88 valence electrons. The summed E-state index contributed by atoms with van der Waals surface area (Å²) in [4.78, 5) is 4.22. The Morgan fingerprint density at radius 3 is 2.75 bits per heavy atom.